The van der Waals surface area contributed by atoms with Crippen molar-refractivity contribution >= 4 is 37.1 Å². The van der Waals surface area contributed by atoms with Gasteiger partial charge in [0.15, 0.2) is 0 Å². The molecule has 4 nitrogen and oxygen atoms in total. The molecule has 2 aromatic rings. The molecule has 1 heterocycles. The highest BCUT2D eigenvalue weighted by Crippen LogP contribution is 2.26. The summed E-state index contributed by atoms with van der Waals surface area (Å²) in [5.74, 6) is 0.148. The van der Waals surface area contributed by atoms with E-state index in [2.05, 4.69) is 26.2 Å². The summed E-state index contributed by atoms with van der Waals surface area (Å²) in [6.45, 7) is 1.03. The molecule has 0 saturated carbocycles. The number of hydrogen-bond donors (Lipinski definition) is 1. The lowest BCUT2D eigenvalue weighted by Gasteiger charge is -2.01. The second-order valence-electron chi connectivity index (χ2n) is 4.46. The SMILES string of the molecule is CS(=O)(=O)CCNCc1csc(-c2cccc(Br)c2)n1. The summed E-state index contributed by atoms with van der Waals surface area (Å²) in [5.41, 5.74) is 2.00. The van der Waals surface area contributed by atoms with E-state index in [9.17, 15) is 8.42 Å². The smallest absolute Gasteiger partial charge is 0.148 e. The molecule has 0 spiro atoms. The molecule has 0 bridgehead atoms. The van der Waals surface area contributed by atoms with Gasteiger partial charge >= 0.3 is 0 Å². The molecule has 1 N–H and O–H groups in total. The molecule has 0 aliphatic rings. The van der Waals surface area contributed by atoms with Crippen LogP contribution in [0.5, 0.6) is 0 Å². The van der Waals surface area contributed by atoms with Gasteiger partial charge in [0.1, 0.15) is 14.8 Å². The summed E-state index contributed by atoms with van der Waals surface area (Å²) >= 11 is 5.03. The van der Waals surface area contributed by atoms with Crippen molar-refractivity contribution in [2.24, 2.45) is 0 Å². The minimum atomic E-state index is -2.91. The van der Waals surface area contributed by atoms with Gasteiger partial charge in [0, 0.05) is 34.8 Å². The van der Waals surface area contributed by atoms with Crippen LogP contribution < -0.4 is 5.32 Å². The first-order valence-corrected chi connectivity index (χ1v) is 9.76. The second-order valence-corrected chi connectivity index (χ2v) is 8.49. The molecule has 0 unspecified atom stereocenters. The predicted molar refractivity (Wildman–Crippen MR) is 86.7 cm³/mol. The molecule has 0 saturated heterocycles. The number of aromatic nitrogens is 1. The third-order valence-electron chi connectivity index (χ3n) is 2.58. The normalized spacial score (nSPS) is 11.7. The van der Waals surface area contributed by atoms with Gasteiger partial charge in [0.05, 0.1) is 11.4 Å². The first kappa shape index (κ1) is 15.6. The maximum Gasteiger partial charge on any atom is 0.148 e. The van der Waals surface area contributed by atoms with Crippen molar-refractivity contribution in [2.75, 3.05) is 18.6 Å². The van der Waals surface area contributed by atoms with Crippen molar-refractivity contribution in [3.05, 3.63) is 39.8 Å². The third kappa shape index (κ3) is 4.97. The molecular formula is C13H15BrN2O2S2. The first-order valence-electron chi connectivity index (χ1n) is 6.03. The predicted octanol–water partition coefficient (Wildman–Crippen LogP) is 2.71. The number of rotatable bonds is 6. The Bertz CT molecular complexity index is 683. The van der Waals surface area contributed by atoms with Crippen LogP contribution in [0, 0.1) is 0 Å². The van der Waals surface area contributed by atoms with Gasteiger partial charge in [-0.05, 0) is 12.1 Å². The Balaban J connectivity index is 1.93. The zero-order valence-corrected chi connectivity index (χ0v) is 14.2. The van der Waals surface area contributed by atoms with Gasteiger partial charge in [-0.2, -0.15) is 0 Å². The Morgan fingerprint density at radius 2 is 2.20 bits per heavy atom. The fourth-order valence-electron chi connectivity index (χ4n) is 1.62. The summed E-state index contributed by atoms with van der Waals surface area (Å²) < 4.78 is 23.0. The lowest BCUT2D eigenvalue weighted by Crippen LogP contribution is -2.22. The van der Waals surface area contributed by atoms with E-state index in [0.29, 0.717) is 13.1 Å². The Kier molecular flexibility index (Phi) is 5.31. The lowest BCUT2D eigenvalue weighted by molar-refractivity contribution is 0.596. The van der Waals surface area contributed by atoms with Crippen LogP contribution in [-0.2, 0) is 16.4 Å². The zero-order chi connectivity index (χ0) is 14.6. The minimum Gasteiger partial charge on any atom is -0.310 e. The summed E-state index contributed by atoms with van der Waals surface area (Å²) in [7, 11) is -2.91. The van der Waals surface area contributed by atoms with Gasteiger partial charge in [-0.3, -0.25) is 0 Å². The molecule has 0 amide bonds. The Morgan fingerprint density at radius 1 is 1.40 bits per heavy atom. The number of nitrogens with one attached hydrogen (secondary N) is 1. The number of benzene rings is 1. The van der Waals surface area contributed by atoms with Crippen LogP contribution in [0.4, 0.5) is 0 Å². The van der Waals surface area contributed by atoms with Crippen molar-refractivity contribution in [1.82, 2.24) is 10.3 Å². The van der Waals surface area contributed by atoms with Crippen molar-refractivity contribution < 1.29 is 8.42 Å². The molecule has 0 aliphatic heterocycles. The number of sulfone groups is 1. The standard InChI is InChI=1S/C13H15BrN2O2S2/c1-20(17,18)6-5-15-8-12-9-19-13(16-12)10-3-2-4-11(14)7-10/h2-4,7,9,15H,5-6,8H2,1H3. The van der Waals surface area contributed by atoms with Crippen molar-refractivity contribution in [3.63, 3.8) is 0 Å². The van der Waals surface area contributed by atoms with E-state index >= 15 is 0 Å². The largest absolute Gasteiger partial charge is 0.310 e. The van der Waals surface area contributed by atoms with Crippen LogP contribution in [0.3, 0.4) is 0 Å². The van der Waals surface area contributed by atoms with Gasteiger partial charge in [-0.15, -0.1) is 11.3 Å². The van der Waals surface area contributed by atoms with Gasteiger partial charge in [0.25, 0.3) is 0 Å². The minimum absolute atomic E-state index is 0.148. The van der Waals surface area contributed by atoms with Gasteiger partial charge in [0.2, 0.25) is 0 Å². The van der Waals surface area contributed by atoms with Crippen molar-refractivity contribution in [1.29, 1.82) is 0 Å². The van der Waals surface area contributed by atoms with Gasteiger partial charge < -0.3 is 5.32 Å². The molecule has 0 radical (unpaired) electrons. The van der Waals surface area contributed by atoms with Crippen LogP contribution in [0.25, 0.3) is 10.6 Å². The topological polar surface area (TPSA) is 59.1 Å². The van der Waals surface area contributed by atoms with Crippen LogP contribution in [-0.4, -0.2) is 32.0 Å². The fraction of sp³-hybridized carbons (Fsp3) is 0.308. The van der Waals surface area contributed by atoms with Gasteiger partial charge in [-0.25, -0.2) is 13.4 Å². The van der Waals surface area contributed by atoms with Gasteiger partial charge in [-0.1, -0.05) is 28.1 Å². The monoisotopic (exact) mass is 374 g/mol. The third-order valence-corrected chi connectivity index (χ3v) is 4.96. The van der Waals surface area contributed by atoms with Crippen LogP contribution >= 0.6 is 27.3 Å². The highest BCUT2D eigenvalue weighted by molar-refractivity contribution is 9.10. The molecule has 2 rings (SSSR count). The average Bonchev–Trinajstić information content (AvgIpc) is 2.82. The van der Waals surface area contributed by atoms with Crippen LogP contribution in [0.15, 0.2) is 34.1 Å². The van der Waals surface area contributed by atoms with Crippen LogP contribution in [0.1, 0.15) is 5.69 Å². The summed E-state index contributed by atoms with van der Waals surface area (Å²) in [5, 5.41) is 6.04. The van der Waals surface area contributed by atoms with Crippen molar-refractivity contribution in [3.8, 4) is 10.6 Å². The van der Waals surface area contributed by atoms with E-state index in [-0.39, 0.29) is 5.75 Å². The van der Waals surface area contributed by atoms with E-state index in [4.69, 9.17) is 0 Å². The fourth-order valence-corrected chi connectivity index (χ4v) is 3.35. The Hall–Kier alpha value is -0.760. The second kappa shape index (κ2) is 6.80. The molecule has 7 heteroatoms. The Morgan fingerprint density at radius 3 is 2.90 bits per heavy atom. The average molecular weight is 375 g/mol. The van der Waals surface area contributed by atoms with E-state index in [1.54, 1.807) is 11.3 Å². The zero-order valence-electron chi connectivity index (χ0n) is 11.0. The molecule has 20 heavy (non-hydrogen) atoms. The highest BCUT2D eigenvalue weighted by Gasteiger charge is 2.06. The molecule has 0 fully saturated rings. The first-order chi connectivity index (χ1) is 9.44. The molecule has 1 aromatic carbocycles. The van der Waals surface area contributed by atoms with Crippen molar-refractivity contribution in [2.45, 2.75) is 6.54 Å². The highest BCUT2D eigenvalue weighted by atomic mass is 79.9. The quantitative estimate of drug-likeness (QED) is 0.789. The number of thiazole rings is 1. The van der Waals surface area contributed by atoms with E-state index in [1.807, 2.05) is 29.6 Å². The maximum absolute atomic E-state index is 11.0. The van der Waals surface area contributed by atoms with E-state index in [0.717, 1.165) is 20.7 Å². The summed E-state index contributed by atoms with van der Waals surface area (Å²) in [4.78, 5) is 4.54. The molecule has 0 atom stereocenters. The van der Waals surface area contributed by atoms with E-state index < -0.39 is 9.84 Å². The Labute approximate surface area is 131 Å². The number of hydrogen-bond acceptors (Lipinski definition) is 5. The van der Waals surface area contributed by atoms with E-state index in [1.165, 1.54) is 6.26 Å². The summed E-state index contributed by atoms with van der Waals surface area (Å²) in [6, 6.07) is 8.00. The summed E-state index contributed by atoms with van der Waals surface area (Å²) in [6.07, 6.45) is 1.24. The van der Waals surface area contributed by atoms with Crippen LogP contribution in [0.2, 0.25) is 0 Å². The molecule has 108 valence electrons. The molecule has 1 aromatic heterocycles. The number of halogens is 1. The maximum atomic E-state index is 11.0. The number of nitrogens with zero attached hydrogens (tertiary/aromatic N) is 1. The molecule has 0 aliphatic carbocycles. The lowest BCUT2D eigenvalue weighted by atomic mass is 10.2. The molecular weight excluding hydrogens is 360 g/mol.